The zero-order valence-corrected chi connectivity index (χ0v) is 15.1. The monoisotopic (exact) mass is 415 g/mol. The number of rotatable bonds is 5. The highest BCUT2D eigenvalue weighted by Crippen LogP contribution is 2.38. The number of carboxylic acids is 1. The Balaban J connectivity index is 3.02. The molecule has 29 heavy (non-hydrogen) atoms. The molecule has 0 spiro atoms. The van der Waals surface area contributed by atoms with Gasteiger partial charge in [0.05, 0.1) is 18.2 Å². The maximum absolute atomic E-state index is 13.5. The van der Waals surface area contributed by atoms with E-state index in [2.05, 4.69) is 9.72 Å². The van der Waals surface area contributed by atoms with Crippen molar-refractivity contribution in [3.63, 3.8) is 0 Å². The van der Waals surface area contributed by atoms with Crippen LogP contribution in [-0.2, 0) is 10.9 Å². The topological polar surface area (TPSA) is 76.5 Å². The van der Waals surface area contributed by atoms with Gasteiger partial charge in [-0.2, -0.15) is 13.2 Å². The lowest BCUT2D eigenvalue weighted by atomic mass is 9.94. The molecule has 2 rings (SSSR count). The number of benzene rings is 1. The third-order valence-corrected chi connectivity index (χ3v) is 3.93. The number of methoxy groups -OCH3 is 1. The number of aromatic carboxylic acids is 1. The maximum atomic E-state index is 13.5. The molecule has 0 radical (unpaired) electrons. The van der Waals surface area contributed by atoms with Crippen molar-refractivity contribution in [3.05, 3.63) is 64.0 Å². The molecular weight excluding hydrogens is 401 g/mol. The number of nitrogens with zero attached hydrogens (tertiary/aromatic N) is 1. The number of allylic oxidation sites excluding steroid dienone is 1. The van der Waals surface area contributed by atoms with Crippen LogP contribution in [0.15, 0.2) is 30.3 Å². The van der Waals surface area contributed by atoms with Crippen LogP contribution in [0.2, 0.25) is 0 Å². The molecule has 2 aromatic rings. The van der Waals surface area contributed by atoms with Gasteiger partial charge >= 0.3 is 18.1 Å². The summed E-state index contributed by atoms with van der Waals surface area (Å²) in [6.07, 6.45) is -8.01. The maximum Gasteiger partial charge on any atom is 0.434 e. The first-order valence-electron chi connectivity index (χ1n) is 7.97. The largest absolute Gasteiger partial charge is 0.478 e. The molecule has 0 saturated heterocycles. The van der Waals surface area contributed by atoms with Crippen molar-refractivity contribution in [2.24, 2.45) is 0 Å². The van der Waals surface area contributed by atoms with Gasteiger partial charge in [-0.25, -0.2) is 23.4 Å². The summed E-state index contributed by atoms with van der Waals surface area (Å²) in [7, 11) is 0.779. The van der Waals surface area contributed by atoms with Crippen molar-refractivity contribution in [1.29, 1.82) is 0 Å². The van der Waals surface area contributed by atoms with Crippen LogP contribution in [0.5, 0.6) is 0 Å². The number of esters is 1. The molecule has 0 aliphatic heterocycles. The zero-order valence-electron chi connectivity index (χ0n) is 15.1. The number of aromatic nitrogens is 1. The molecular formula is C19H14F5NO4. The lowest BCUT2D eigenvalue weighted by molar-refractivity contribution is -0.142. The van der Waals surface area contributed by atoms with Crippen LogP contribution < -0.4 is 0 Å². The van der Waals surface area contributed by atoms with Crippen LogP contribution in [-0.4, -0.2) is 29.1 Å². The second kappa shape index (κ2) is 8.38. The molecule has 0 fully saturated rings. The van der Waals surface area contributed by atoms with E-state index in [9.17, 15) is 36.6 Å². The number of halogens is 5. The summed E-state index contributed by atoms with van der Waals surface area (Å²) in [5.74, 6) is -3.51. The fraction of sp³-hybridized carbons (Fsp3) is 0.211. The summed E-state index contributed by atoms with van der Waals surface area (Å²) in [5, 5.41) is 9.42. The molecule has 0 aliphatic rings. The summed E-state index contributed by atoms with van der Waals surface area (Å²) in [6, 6.07) is 8.05. The highest BCUT2D eigenvalue weighted by atomic mass is 19.4. The number of carboxylic acid groups (broad SMARTS) is 1. The van der Waals surface area contributed by atoms with Crippen molar-refractivity contribution >= 4 is 23.6 Å². The molecule has 10 heteroatoms. The van der Waals surface area contributed by atoms with Crippen LogP contribution in [0.3, 0.4) is 0 Å². The molecule has 0 atom stereocenters. The van der Waals surface area contributed by atoms with Crippen LogP contribution in [0.1, 0.15) is 56.6 Å². The van der Waals surface area contributed by atoms with E-state index in [0.29, 0.717) is 5.56 Å². The minimum Gasteiger partial charge on any atom is -0.478 e. The van der Waals surface area contributed by atoms with E-state index in [-0.39, 0.29) is 5.57 Å². The highest BCUT2D eigenvalue weighted by Gasteiger charge is 2.42. The molecule has 1 N–H and O–H groups in total. The summed E-state index contributed by atoms with van der Waals surface area (Å²) < 4.78 is 71.5. The Hall–Kier alpha value is -3.30. The van der Waals surface area contributed by atoms with Gasteiger partial charge in [0.25, 0.3) is 6.43 Å². The van der Waals surface area contributed by atoms with Gasteiger partial charge < -0.3 is 9.84 Å². The molecule has 154 valence electrons. The number of pyridine rings is 1. The van der Waals surface area contributed by atoms with E-state index in [1.807, 2.05) is 0 Å². The lowest BCUT2D eigenvalue weighted by Gasteiger charge is -2.18. The van der Waals surface area contributed by atoms with Gasteiger partial charge in [-0.05, 0) is 24.1 Å². The van der Waals surface area contributed by atoms with E-state index in [4.69, 9.17) is 0 Å². The summed E-state index contributed by atoms with van der Waals surface area (Å²) in [5.41, 5.74) is -6.15. The average Bonchev–Trinajstić information content (AvgIpc) is 2.65. The van der Waals surface area contributed by atoms with E-state index >= 15 is 0 Å². The smallest absolute Gasteiger partial charge is 0.434 e. The number of alkyl halides is 5. The summed E-state index contributed by atoms with van der Waals surface area (Å²) in [4.78, 5) is 26.5. The minimum absolute atomic E-state index is 0.234. The molecule has 0 amide bonds. The first-order valence-corrected chi connectivity index (χ1v) is 7.97. The predicted octanol–water partition coefficient (Wildman–Crippen LogP) is 5.08. The fourth-order valence-corrected chi connectivity index (χ4v) is 2.66. The highest BCUT2D eigenvalue weighted by molar-refractivity contribution is 6.04. The third-order valence-electron chi connectivity index (χ3n) is 3.93. The number of carbonyl (C=O) groups excluding carboxylic acids is 1. The molecule has 0 bridgehead atoms. The van der Waals surface area contributed by atoms with Crippen molar-refractivity contribution < 1.29 is 41.4 Å². The Labute approximate surface area is 161 Å². The number of hydrogen-bond acceptors (Lipinski definition) is 4. The first kappa shape index (κ1) is 22.0. The number of hydrogen-bond donors (Lipinski definition) is 1. The SMILES string of the molecule is COC(=O)c1c(C(F)(F)F)nc(C(F)F)c(C(=O)O)c1/C=C(\C)c1ccccc1. The average molecular weight is 415 g/mol. The van der Waals surface area contributed by atoms with Crippen LogP contribution >= 0.6 is 0 Å². The molecule has 1 aromatic heterocycles. The molecule has 0 unspecified atom stereocenters. The molecule has 1 aromatic carbocycles. The minimum atomic E-state index is -5.31. The molecule has 1 heterocycles. The van der Waals surface area contributed by atoms with E-state index < -0.39 is 52.6 Å². The van der Waals surface area contributed by atoms with Gasteiger partial charge in [0.1, 0.15) is 5.69 Å². The Morgan fingerprint density at radius 2 is 1.72 bits per heavy atom. The Kier molecular flexibility index (Phi) is 6.35. The first-order chi connectivity index (χ1) is 13.5. The second-order valence-corrected chi connectivity index (χ2v) is 5.80. The van der Waals surface area contributed by atoms with Gasteiger partial charge in [0.15, 0.2) is 5.69 Å². The van der Waals surface area contributed by atoms with Gasteiger partial charge in [-0.3, -0.25) is 0 Å². The van der Waals surface area contributed by atoms with Crippen molar-refractivity contribution in [2.45, 2.75) is 19.5 Å². The Morgan fingerprint density at radius 1 is 1.14 bits per heavy atom. The van der Waals surface area contributed by atoms with Crippen molar-refractivity contribution in [3.8, 4) is 0 Å². The van der Waals surface area contributed by atoms with Gasteiger partial charge in [-0.15, -0.1) is 0 Å². The Morgan fingerprint density at radius 3 is 2.17 bits per heavy atom. The lowest BCUT2D eigenvalue weighted by Crippen LogP contribution is -2.23. The Bertz CT molecular complexity index is 969. The standard InChI is InChI=1S/C19H14F5NO4/c1-9(10-6-4-3-5-7-10)8-11-12(17(26)27)14(16(20)21)25-15(19(22,23)24)13(11)18(28)29-2/h3-8,16H,1-2H3,(H,26,27)/b9-8+. The summed E-state index contributed by atoms with van der Waals surface area (Å²) in [6.45, 7) is 1.43. The zero-order chi connectivity index (χ0) is 21.9. The van der Waals surface area contributed by atoms with Gasteiger partial charge in [0, 0.05) is 5.56 Å². The van der Waals surface area contributed by atoms with E-state index in [1.54, 1.807) is 30.3 Å². The quantitative estimate of drug-likeness (QED) is 0.544. The molecule has 0 saturated carbocycles. The molecule has 5 nitrogen and oxygen atoms in total. The molecule has 0 aliphatic carbocycles. The third kappa shape index (κ3) is 4.58. The van der Waals surface area contributed by atoms with Gasteiger partial charge in [0.2, 0.25) is 0 Å². The normalized spacial score (nSPS) is 12.2. The van der Waals surface area contributed by atoms with Crippen molar-refractivity contribution in [2.75, 3.05) is 7.11 Å². The van der Waals surface area contributed by atoms with Gasteiger partial charge in [-0.1, -0.05) is 30.3 Å². The predicted molar refractivity (Wildman–Crippen MR) is 92.5 cm³/mol. The fourth-order valence-electron chi connectivity index (χ4n) is 2.66. The van der Waals surface area contributed by atoms with E-state index in [0.717, 1.165) is 13.2 Å². The van der Waals surface area contributed by atoms with E-state index in [1.165, 1.54) is 6.92 Å². The summed E-state index contributed by atoms with van der Waals surface area (Å²) >= 11 is 0. The number of ether oxygens (including phenoxy) is 1. The second-order valence-electron chi connectivity index (χ2n) is 5.80. The van der Waals surface area contributed by atoms with Crippen LogP contribution in [0, 0.1) is 0 Å². The van der Waals surface area contributed by atoms with Crippen molar-refractivity contribution in [1.82, 2.24) is 4.98 Å². The number of carbonyl (C=O) groups is 2. The van der Waals surface area contributed by atoms with Crippen LogP contribution in [0.4, 0.5) is 22.0 Å². The van der Waals surface area contributed by atoms with Crippen LogP contribution in [0.25, 0.3) is 11.6 Å².